The number of benzene rings is 1. The second kappa shape index (κ2) is 5.96. The van der Waals surface area contributed by atoms with Crippen LogP contribution in [0.4, 0.5) is 23.5 Å². The van der Waals surface area contributed by atoms with Crippen molar-refractivity contribution in [2.24, 2.45) is 0 Å². The molecule has 19 heavy (non-hydrogen) atoms. The third-order valence-corrected chi connectivity index (χ3v) is 2.24. The van der Waals surface area contributed by atoms with E-state index in [-0.39, 0.29) is 5.95 Å². The first-order chi connectivity index (χ1) is 9.13. The van der Waals surface area contributed by atoms with Gasteiger partial charge in [0.25, 0.3) is 0 Å². The third kappa shape index (κ3) is 4.07. The maximum atomic E-state index is 9.21. The molecule has 0 amide bonds. The SMILES string of the molecule is CC(O)CNc1nc(N)nc(Nc2ccccc2)n1. The molecule has 1 atom stereocenters. The third-order valence-electron chi connectivity index (χ3n) is 2.24. The van der Waals surface area contributed by atoms with Gasteiger partial charge < -0.3 is 21.5 Å². The normalized spacial score (nSPS) is 11.9. The van der Waals surface area contributed by atoms with Gasteiger partial charge in [0.1, 0.15) is 0 Å². The van der Waals surface area contributed by atoms with Gasteiger partial charge in [0.15, 0.2) is 0 Å². The molecule has 1 aromatic carbocycles. The summed E-state index contributed by atoms with van der Waals surface area (Å²) in [7, 11) is 0. The Bertz CT molecular complexity index is 531. The number of aliphatic hydroxyl groups is 1. The summed E-state index contributed by atoms with van der Waals surface area (Å²) in [5.74, 6) is 0.792. The van der Waals surface area contributed by atoms with Crippen LogP contribution in [0.5, 0.6) is 0 Å². The Morgan fingerprint density at radius 3 is 2.53 bits per heavy atom. The van der Waals surface area contributed by atoms with E-state index in [4.69, 9.17) is 5.73 Å². The molecule has 1 heterocycles. The van der Waals surface area contributed by atoms with E-state index in [2.05, 4.69) is 25.6 Å². The van der Waals surface area contributed by atoms with Gasteiger partial charge in [-0.15, -0.1) is 0 Å². The van der Waals surface area contributed by atoms with E-state index in [1.54, 1.807) is 6.92 Å². The lowest BCUT2D eigenvalue weighted by Gasteiger charge is -2.09. The van der Waals surface area contributed by atoms with E-state index in [0.717, 1.165) is 5.69 Å². The number of rotatable bonds is 5. The highest BCUT2D eigenvalue weighted by atomic mass is 16.3. The molecule has 0 saturated heterocycles. The smallest absolute Gasteiger partial charge is 0.233 e. The summed E-state index contributed by atoms with van der Waals surface area (Å²) in [6, 6.07) is 9.51. The summed E-state index contributed by atoms with van der Waals surface area (Å²) in [4.78, 5) is 12.1. The Labute approximate surface area is 110 Å². The van der Waals surface area contributed by atoms with Crippen molar-refractivity contribution in [3.63, 3.8) is 0 Å². The zero-order chi connectivity index (χ0) is 13.7. The minimum atomic E-state index is -0.497. The average Bonchev–Trinajstić information content (AvgIpc) is 2.37. The van der Waals surface area contributed by atoms with Crippen molar-refractivity contribution in [1.29, 1.82) is 0 Å². The molecule has 1 aromatic heterocycles. The lowest BCUT2D eigenvalue weighted by molar-refractivity contribution is 0.208. The minimum absolute atomic E-state index is 0.113. The Balaban J connectivity index is 2.12. The van der Waals surface area contributed by atoms with Crippen molar-refractivity contribution in [3.8, 4) is 0 Å². The van der Waals surface area contributed by atoms with Crippen LogP contribution >= 0.6 is 0 Å². The zero-order valence-electron chi connectivity index (χ0n) is 10.5. The molecule has 0 spiro atoms. The first-order valence-corrected chi connectivity index (χ1v) is 5.89. The van der Waals surface area contributed by atoms with E-state index < -0.39 is 6.10 Å². The molecule has 0 aliphatic heterocycles. The van der Waals surface area contributed by atoms with Crippen molar-refractivity contribution in [2.45, 2.75) is 13.0 Å². The fourth-order valence-electron chi connectivity index (χ4n) is 1.42. The van der Waals surface area contributed by atoms with Crippen LogP contribution in [0, 0.1) is 0 Å². The second-order valence-corrected chi connectivity index (χ2v) is 4.06. The van der Waals surface area contributed by atoms with E-state index in [1.165, 1.54) is 0 Å². The Hall–Kier alpha value is -2.41. The summed E-state index contributed by atoms with van der Waals surface area (Å²) in [5, 5.41) is 15.1. The highest BCUT2D eigenvalue weighted by Crippen LogP contribution is 2.13. The number of aromatic nitrogens is 3. The van der Waals surface area contributed by atoms with Gasteiger partial charge in [-0.3, -0.25) is 0 Å². The summed E-state index contributed by atoms with van der Waals surface area (Å²) in [5.41, 5.74) is 6.47. The van der Waals surface area contributed by atoms with Gasteiger partial charge in [-0.1, -0.05) is 18.2 Å². The molecule has 0 saturated carbocycles. The van der Waals surface area contributed by atoms with E-state index >= 15 is 0 Å². The average molecular weight is 260 g/mol. The molecule has 0 aliphatic carbocycles. The van der Waals surface area contributed by atoms with Crippen LogP contribution in [0.2, 0.25) is 0 Å². The van der Waals surface area contributed by atoms with Crippen molar-refractivity contribution >= 4 is 23.5 Å². The van der Waals surface area contributed by atoms with Crippen LogP contribution < -0.4 is 16.4 Å². The predicted octanol–water partition coefficient (Wildman–Crippen LogP) is 0.990. The number of nitrogens with two attached hydrogens (primary N) is 1. The summed E-state index contributed by atoms with van der Waals surface area (Å²) >= 11 is 0. The fourth-order valence-corrected chi connectivity index (χ4v) is 1.42. The van der Waals surface area contributed by atoms with Crippen LogP contribution in [0.3, 0.4) is 0 Å². The quantitative estimate of drug-likeness (QED) is 0.634. The first kappa shape index (κ1) is 13.0. The van der Waals surface area contributed by atoms with E-state index in [1.807, 2.05) is 30.3 Å². The standard InChI is InChI=1S/C12H16N6O/c1-8(19)7-14-11-16-10(13)17-12(18-11)15-9-5-3-2-4-6-9/h2-6,8,19H,7H2,1H3,(H4,13,14,15,16,17,18). The fraction of sp³-hybridized carbons (Fsp3) is 0.250. The van der Waals surface area contributed by atoms with Crippen molar-refractivity contribution in [2.75, 3.05) is 22.9 Å². The van der Waals surface area contributed by atoms with Crippen LogP contribution in [-0.4, -0.2) is 32.7 Å². The number of anilines is 4. The van der Waals surface area contributed by atoms with Gasteiger partial charge in [-0.05, 0) is 19.1 Å². The van der Waals surface area contributed by atoms with Crippen LogP contribution in [0.25, 0.3) is 0 Å². The molecule has 5 N–H and O–H groups in total. The van der Waals surface area contributed by atoms with Crippen molar-refractivity contribution in [3.05, 3.63) is 30.3 Å². The van der Waals surface area contributed by atoms with Gasteiger partial charge in [0.05, 0.1) is 6.10 Å². The minimum Gasteiger partial charge on any atom is -0.392 e. The Morgan fingerprint density at radius 1 is 1.16 bits per heavy atom. The maximum absolute atomic E-state index is 9.21. The zero-order valence-corrected chi connectivity index (χ0v) is 10.5. The second-order valence-electron chi connectivity index (χ2n) is 4.06. The monoisotopic (exact) mass is 260 g/mol. The van der Waals surface area contributed by atoms with E-state index in [9.17, 15) is 5.11 Å². The van der Waals surface area contributed by atoms with Crippen LogP contribution in [0.1, 0.15) is 6.92 Å². The van der Waals surface area contributed by atoms with Crippen molar-refractivity contribution < 1.29 is 5.11 Å². The highest BCUT2D eigenvalue weighted by Gasteiger charge is 2.05. The van der Waals surface area contributed by atoms with Gasteiger partial charge in [-0.2, -0.15) is 15.0 Å². The van der Waals surface area contributed by atoms with Gasteiger partial charge >= 0.3 is 0 Å². The molecule has 100 valence electrons. The number of nitrogens with one attached hydrogen (secondary N) is 2. The molecular weight excluding hydrogens is 244 g/mol. The summed E-state index contributed by atoms with van der Waals surface area (Å²) in [6.07, 6.45) is -0.497. The molecule has 7 nitrogen and oxygen atoms in total. The Morgan fingerprint density at radius 2 is 1.84 bits per heavy atom. The lowest BCUT2D eigenvalue weighted by atomic mass is 10.3. The molecule has 1 unspecified atom stereocenters. The molecule has 0 bridgehead atoms. The molecule has 2 rings (SSSR count). The maximum Gasteiger partial charge on any atom is 0.233 e. The van der Waals surface area contributed by atoms with E-state index in [0.29, 0.717) is 18.4 Å². The summed E-state index contributed by atoms with van der Waals surface area (Å²) < 4.78 is 0. The van der Waals surface area contributed by atoms with Crippen LogP contribution in [0.15, 0.2) is 30.3 Å². The number of hydrogen-bond acceptors (Lipinski definition) is 7. The number of aliphatic hydroxyl groups excluding tert-OH is 1. The number of nitrogens with zero attached hydrogens (tertiary/aromatic N) is 3. The molecule has 7 heteroatoms. The largest absolute Gasteiger partial charge is 0.392 e. The van der Waals surface area contributed by atoms with Gasteiger partial charge in [0, 0.05) is 12.2 Å². The summed E-state index contributed by atoms with van der Waals surface area (Å²) in [6.45, 7) is 2.01. The topological polar surface area (TPSA) is 109 Å². The number of nitrogen functional groups attached to an aromatic ring is 1. The predicted molar refractivity (Wildman–Crippen MR) is 74.1 cm³/mol. The first-order valence-electron chi connectivity index (χ1n) is 5.89. The van der Waals surface area contributed by atoms with Gasteiger partial charge in [-0.25, -0.2) is 0 Å². The molecule has 0 fully saturated rings. The molecular formula is C12H16N6O. The lowest BCUT2D eigenvalue weighted by Crippen LogP contribution is -2.18. The van der Waals surface area contributed by atoms with Gasteiger partial charge in [0.2, 0.25) is 17.8 Å². The highest BCUT2D eigenvalue weighted by molar-refractivity contribution is 5.54. The van der Waals surface area contributed by atoms with Crippen molar-refractivity contribution in [1.82, 2.24) is 15.0 Å². The molecule has 2 aromatic rings. The number of hydrogen-bond donors (Lipinski definition) is 4. The molecule has 0 radical (unpaired) electrons. The molecule has 0 aliphatic rings. The number of para-hydroxylation sites is 1. The van der Waals surface area contributed by atoms with Crippen LogP contribution in [-0.2, 0) is 0 Å². The Kier molecular flexibility index (Phi) is 4.09.